The van der Waals surface area contributed by atoms with E-state index >= 15 is 0 Å². The minimum absolute atomic E-state index is 0. The Morgan fingerprint density at radius 3 is 1.27 bits per heavy atom. The van der Waals surface area contributed by atoms with Gasteiger partial charge >= 0.3 is 0 Å². The van der Waals surface area contributed by atoms with Crippen LogP contribution in [0.3, 0.4) is 0 Å². The van der Waals surface area contributed by atoms with Crippen molar-refractivity contribution in [3.63, 3.8) is 0 Å². The molecule has 0 aromatic rings. The van der Waals surface area contributed by atoms with Crippen LogP contribution in [0.15, 0.2) is 0 Å². The van der Waals surface area contributed by atoms with Crippen LogP contribution >= 0.6 is 0 Å². The van der Waals surface area contributed by atoms with E-state index in [9.17, 15) is 0 Å². The van der Waals surface area contributed by atoms with Gasteiger partial charge in [0.15, 0.2) is 0 Å². The first kappa shape index (κ1) is 24.0. The Balaban J connectivity index is 0. The molecule has 8 nitrogen and oxygen atoms in total. The quantitative estimate of drug-likeness (QED) is 0.407. The third-order valence-corrected chi connectivity index (χ3v) is 3.68. The lowest BCUT2D eigenvalue weighted by Crippen LogP contribution is -3.10. The molecule has 0 aliphatic carbocycles. The van der Waals surface area contributed by atoms with E-state index in [4.69, 9.17) is 17.5 Å². The Morgan fingerprint density at radius 1 is 0.909 bits per heavy atom. The minimum atomic E-state index is -5.17. The fourth-order valence-electron chi connectivity index (χ4n) is 2.35. The number of hydrogen-bond donors (Lipinski definition) is 2. The summed E-state index contributed by atoms with van der Waals surface area (Å²) in [7, 11) is -0.800. The van der Waals surface area contributed by atoms with Gasteiger partial charge in [-0.1, -0.05) is 7.43 Å². The lowest BCUT2D eigenvalue weighted by Gasteiger charge is -2.07. The highest BCUT2D eigenvalue weighted by atomic mass is 32.3. The Labute approximate surface area is 136 Å². The molecule has 0 amide bonds. The Morgan fingerprint density at radius 2 is 1.18 bits per heavy atom. The summed E-state index contributed by atoms with van der Waals surface area (Å²) in [6.07, 6.45) is 0. The van der Waals surface area contributed by atoms with Crippen molar-refractivity contribution in [3.05, 3.63) is 0 Å². The highest BCUT2D eigenvalue weighted by Gasteiger charge is 2.17. The van der Waals surface area contributed by atoms with Crippen molar-refractivity contribution in [1.29, 1.82) is 0 Å². The van der Waals surface area contributed by atoms with Crippen molar-refractivity contribution in [2.24, 2.45) is 0 Å². The molecule has 136 valence electrons. The van der Waals surface area contributed by atoms with Crippen LogP contribution in [0.4, 0.5) is 0 Å². The zero-order chi connectivity index (χ0) is 16.5. The fourth-order valence-corrected chi connectivity index (χ4v) is 2.35. The molecule has 2 atom stereocenters. The number of likely N-dealkylation sites (N-methyl/N-ethyl adjacent to an activating group) is 4. The Hall–Kier alpha value is -0.290. The molecule has 0 spiro atoms. The molecule has 2 aliphatic heterocycles. The molecule has 2 fully saturated rings. The van der Waals surface area contributed by atoms with Gasteiger partial charge in [0, 0.05) is 10.4 Å². The van der Waals surface area contributed by atoms with Crippen molar-refractivity contribution < 1.29 is 27.3 Å². The van der Waals surface area contributed by atoms with E-state index in [1.165, 1.54) is 52.6 Å². The molecular weight excluding hydrogens is 308 g/mol. The smallest absolute Gasteiger partial charge is 0.133 e. The summed E-state index contributed by atoms with van der Waals surface area (Å²) in [5.41, 5.74) is 0. The van der Waals surface area contributed by atoms with E-state index in [-0.39, 0.29) is 7.43 Å². The summed E-state index contributed by atoms with van der Waals surface area (Å²) in [6, 6.07) is 0. The largest absolute Gasteiger partial charge is 0.759 e. The van der Waals surface area contributed by atoms with Crippen molar-refractivity contribution >= 4 is 10.4 Å². The van der Waals surface area contributed by atoms with Gasteiger partial charge in [0.1, 0.15) is 13.3 Å². The van der Waals surface area contributed by atoms with Crippen LogP contribution in [0.1, 0.15) is 21.3 Å². The van der Waals surface area contributed by atoms with E-state index in [0.717, 1.165) is 0 Å². The molecule has 2 heterocycles. The molecule has 0 bridgehead atoms. The molecule has 2 saturated heterocycles. The van der Waals surface area contributed by atoms with E-state index in [1.807, 2.05) is 0 Å². The number of nitrogens with one attached hydrogen (secondary N) is 2. The zero-order valence-electron chi connectivity index (χ0n) is 13.6. The van der Waals surface area contributed by atoms with Crippen LogP contribution in [0.25, 0.3) is 0 Å². The Bertz CT molecular complexity index is 339. The molecule has 22 heavy (non-hydrogen) atoms. The molecule has 0 aromatic carbocycles. The first-order valence-corrected chi connectivity index (χ1v) is 8.69. The van der Waals surface area contributed by atoms with Gasteiger partial charge in [-0.2, -0.15) is 0 Å². The molecule has 9 heteroatoms. The molecule has 2 unspecified atom stereocenters. The topological polar surface area (TPSA) is 95.6 Å². The lowest BCUT2D eigenvalue weighted by atomic mass is 10.6. The van der Waals surface area contributed by atoms with E-state index < -0.39 is 10.4 Å². The maximum Gasteiger partial charge on any atom is 0.133 e. The third kappa shape index (κ3) is 14.6. The predicted molar refractivity (Wildman–Crippen MR) is 84.9 cm³/mol. The first-order chi connectivity index (χ1) is 9.65. The van der Waals surface area contributed by atoms with E-state index in [0.29, 0.717) is 0 Å². The van der Waals surface area contributed by atoms with Gasteiger partial charge in [-0.15, -0.1) is 0 Å². The minimum Gasteiger partial charge on any atom is -0.759 e. The van der Waals surface area contributed by atoms with Crippen LogP contribution in [0.5, 0.6) is 0 Å². The van der Waals surface area contributed by atoms with Crippen LogP contribution in [-0.4, -0.2) is 94.0 Å². The average molecular weight is 343 g/mol. The second kappa shape index (κ2) is 12.2. The van der Waals surface area contributed by atoms with Crippen LogP contribution in [-0.2, 0) is 10.4 Å². The molecule has 0 radical (unpaired) electrons. The SMILES string of the molecule is C.CC[NH+]1CCN(C)C1.CC[NH+]1CCN(C)C1.O=S(=O)([O-])[O-]. The highest BCUT2D eigenvalue weighted by molar-refractivity contribution is 7.79. The lowest BCUT2D eigenvalue weighted by molar-refractivity contribution is -0.889. The van der Waals surface area contributed by atoms with Crippen molar-refractivity contribution in [3.8, 4) is 0 Å². The molecular formula is C13H34N4O4S. The molecule has 0 aromatic heterocycles. The van der Waals surface area contributed by atoms with Crippen molar-refractivity contribution in [2.75, 3.05) is 66.7 Å². The van der Waals surface area contributed by atoms with Crippen LogP contribution < -0.4 is 9.80 Å². The second-order valence-corrected chi connectivity index (χ2v) is 6.41. The number of nitrogens with zero attached hydrogens (tertiary/aromatic N) is 2. The summed E-state index contributed by atoms with van der Waals surface area (Å²) >= 11 is 0. The maximum atomic E-state index is 8.52. The number of quaternary nitrogens is 2. The summed E-state index contributed by atoms with van der Waals surface area (Å²) in [6.45, 7) is 14.8. The standard InChI is InChI=1S/2C6H14N2.CH4.H2O4S/c2*1-3-8-5-4-7(2)6-8;;1-5(2,3)4/h2*3-6H2,1-2H3;1H4;(H2,1,2,3,4). The zero-order valence-corrected chi connectivity index (χ0v) is 14.4. The monoisotopic (exact) mass is 342 g/mol. The van der Waals surface area contributed by atoms with Crippen molar-refractivity contribution in [1.82, 2.24) is 9.80 Å². The van der Waals surface area contributed by atoms with Gasteiger partial charge in [-0.25, -0.2) is 0 Å². The molecule has 2 rings (SSSR count). The average Bonchev–Trinajstić information content (AvgIpc) is 2.96. The highest BCUT2D eigenvalue weighted by Crippen LogP contribution is 1.78. The summed E-state index contributed by atoms with van der Waals surface area (Å²) in [5, 5.41) is 0. The fraction of sp³-hybridized carbons (Fsp3) is 1.00. The summed E-state index contributed by atoms with van der Waals surface area (Å²) < 4.78 is 34.1. The predicted octanol–water partition coefficient (Wildman–Crippen LogP) is -3.11. The molecule has 2 aliphatic rings. The maximum absolute atomic E-state index is 8.52. The number of hydrogen-bond acceptors (Lipinski definition) is 6. The van der Waals surface area contributed by atoms with Gasteiger partial charge in [0.05, 0.1) is 39.3 Å². The van der Waals surface area contributed by atoms with Crippen LogP contribution in [0.2, 0.25) is 0 Å². The summed E-state index contributed by atoms with van der Waals surface area (Å²) in [4.78, 5) is 8.18. The molecule has 0 saturated carbocycles. The van der Waals surface area contributed by atoms with Gasteiger partial charge < -0.3 is 18.9 Å². The normalized spacial score (nSPS) is 25.5. The first-order valence-electron chi connectivity index (χ1n) is 7.36. The van der Waals surface area contributed by atoms with E-state index in [1.54, 1.807) is 9.80 Å². The third-order valence-electron chi connectivity index (χ3n) is 3.68. The number of rotatable bonds is 2. The Kier molecular flexibility index (Phi) is 13.3. The van der Waals surface area contributed by atoms with Gasteiger partial charge in [-0.05, 0) is 27.9 Å². The van der Waals surface area contributed by atoms with Gasteiger partial charge in [-0.3, -0.25) is 18.2 Å². The van der Waals surface area contributed by atoms with Gasteiger partial charge in [0.25, 0.3) is 0 Å². The molecule has 2 N–H and O–H groups in total. The summed E-state index contributed by atoms with van der Waals surface area (Å²) in [5.74, 6) is 0. The second-order valence-electron chi connectivity index (χ2n) is 5.59. The van der Waals surface area contributed by atoms with Crippen LogP contribution in [0, 0.1) is 0 Å². The van der Waals surface area contributed by atoms with Gasteiger partial charge in [0.2, 0.25) is 0 Å². The van der Waals surface area contributed by atoms with Crippen molar-refractivity contribution in [2.45, 2.75) is 21.3 Å². The van der Waals surface area contributed by atoms with E-state index in [2.05, 4.69) is 37.7 Å².